The van der Waals surface area contributed by atoms with Crippen LogP contribution in [0.2, 0.25) is 0 Å². The maximum atomic E-state index is 13.9. The first kappa shape index (κ1) is 12.4. The Labute approximate surface area is 112 Å². The van der Waals surface area contributed by atoms with Crippen molar-refractivity contribution in [3.8, 4) is 6.07 Å². The van der Waals surface area contributed by atoms with Crippen LogP contribution in [0.3, 0.4) is 0 Å². The van der Waals surface area contributed by atoms with Crippen molar-refractivity contribution in [2.24, 2.45) is 0 Å². The van der Waals surface area contributed by atoms with Gasteiger partial charge in [-0.25, -0.2) is 4.39 Å². The van der Waals surface area contributed by atoms with E-state index in [0.717, 1.165) is 0 Å². The maximum Gasteiger partial charge on any atom is 0.162 e. The molecule has 2 aromatic rings. The van der Waals surface area contributed by atoms with Crippen molar-refractivity contribution in [3.05, 3.63) is 52.3 Å². The van der Waals surface area contributed by atoms with Crippen LogP contribution < -0.4 is 11.1 Å². The summed E-state index contributed by atoms with van der Waals surface area (Å²) in [6.45, 7) is 0. The van der Waals surface area contributed by atoms with Gasteiger partial charge in [0.2, 0.25) is 0 Å². The molecule has 0 saturated heterocycles. The minimum atomic E-state index is -0.503. The van der Waals surface area contributed by atoms with E-state index in [1.807, 2.05) is 6.07 Å². The van der Waals surface area contributed by atoms with Gasteiger partial charge in [0.25, 0.3) is 0 Å². The third kappa shape index (κ3) is 2.44. The molecule has 0 radical (unpaired) electrons. The molecule has 2 rings (SSSR count). The molecule has 0 spiro atoms. The van der Waals surface area contributed by atoms with Crippen LogP contribution in [0.5, 0.6) is 0 Å². The molecule has 0 atom stereocenters. The molecule has 0 fully saturated rings. The number of nitrogen functional groups attached to an aromatic ring is 1. The van der Waals surface area contributed by atoms with E-state index in [9.17, 15) is 4.39 Å². The highest BCUT2D eigenvalue weighted by atomic mass is 79.9. The molecule has 0 heterocycles. The summed E-state index contributed by atoms with van der Waals surface area (Å²) in [5, 5.41) is 11.7. The van der Waals surface area contributed by atoms with Gasteiger partial charge >= 0.3 is 0 Å². The molecule has 2 aromatic carbocycles. The lowest BCUT2D eigenvalue weighted by atomic mass is 10.2. The molecule has 0 saturated carbocycles. The summed E-state index contributed by atoms with van der Waals surface area (Å²) >= 11 is 3.06. The second kappa shape index (κ2) is 5.07. The standard InChI is InChI=1S/C13H9BrFN3/c14-12-8(7-16)4-5-11(13(12)15)18-10-3-1-2-9(17)6-10/h1-6,18H,17H2. The lowest BCUT2D eigenvalue weighted by molar-refractivity contribution is 0.624. The van der Waals surface area contributed by atoms with Crippen molar-refractivity contribution in [2.75, 3.05) is 11.1 Å². The summed E-state index contributed by atoms with van der Waals surface area (Å²) in [7, 11) is 0. The highest BCUT2D eigenvalue weighted by molar-refractivity contribution is 9.10. The molecular formula is C13H9BrFN3. The molecule has 0 amide bonds. The molecule has 0 aliphatic heterocycles. The molecule has 3 nitrogen and oxygen atoms in total. The van der Waals surface area contributed by atoms with E-state index >= 15 is 0 Å². The Bertz CT molecular complexity index is 635. The zero-order valence-electron chi connectivity index (χ0n) is 9.24. The highest BCUT2D eigenvalue weighted by Crippen LogP contribution is 2.29. The summed E-state index contributed by atoms with van der Waals surface area (Å²) in [5.74, 6) is -0.503. The Morgan fingerprint density at radius 2 is 2.06 bits per heavy atom. The Morgan fingerprint density at radius 3 is 2.72 bits per heavy atom. The Balaban J connectivity index is 2.36. The summed E-state index contributed by atoms with van der Waals surface area (Å²) in [6, 6.07) is 12.0. The number of rotatable bonds is 2. The van der Waals surface area contributed by atoms with Gasteiger partial charge in [0, 0.05) is 11.4 Å². The molecule has 3 N–H and O–H groups in total. The van der Waals surface area contributed by atoms with Crippen LogP contribution in [-0.4, -0.2) is 0 Å². The van der Waals surface area contributed by atoms with Gasteiger partial charge in [-0.05, 0) is 46.3 Å². The van der Waals surface area contributed by atoms with Crippen molar-refractivity contribution < 1.29 is 4.39 Å². The Hall–Kier alpha value is -2.06. The number of nitrogens with one attached hydrogen (secondary N) is 1. The predicted octanol–water partition coefficient (Wildman–Crippen LogP) is 3.79. The van der Waals surface area contributed by atoms with Crippen molar-refractivity contribution in [3.63, 3.8) is 0 Å². The van der Waals surface area contributed by atoms with E-state index in [1.54, 1.807) is 30.3 Å². The number of hydrogen-bond donors (Lipinski definition) is 2. The third-order valence-electron chi connectivity index (χ3n) is 2.37. The summed E-state index contributed by atoms with van der Waals surface area (Å²) in [5.41, 5.74) is 7.46. The van der Waals surface area contributed by atoms with Crippen molar-refractivity contribution >= 4 is 33.0 Å². The fraction of sp³-hybridized carbons (Fsp3) is 0. The molecule has 18 heavy (non-hydrogen) atoms. The van der Waals surface area contributed by atoms with E-state index in [2.05, 4.69) is 21.2 Å². The smallest absolute Gasteiger partial charge is 0.162 e. The summed E-state index contributed by atoms with van der Waals surface area (Å²) in [4.78, 5) is 0. The molecule has 0 unspecified atom stereocenters. The van der Waals surface area contributed by atoms with Gasteiger partial charge in [-0.3, -0.25) is 0 Å². The van der Waals surface area contributed by atoms with Crippen LogP contribution >= 0.6 is 15.9 Å². The van der Waals surface area contributed by atoms with Crippen LogP contribution in [0.15, 0.2) is 40.9 Å². The first-order valence-electron chi connectivity index (χ1n) is 5.12. The van der Waals surface area contributed by atoms with Gasteiger partial charge in [-0.2, -0.15) is 5.26 Å². The van der Waals surface area contributed by atoms with E-state index in [-0.39, 0.29) is 15.7 Å². The third-order valence-corrected chi connectivity index (χ3v) is 3.14. The quantitative estimate of drug-likeness (QED) is 0.830. The van der Waals surface area contributed by atoms with Crippen LogP contribution in [0.25, 0.3) is 0 Å². The first-order chi connectivity index (χ1) is 8.61. The number of hydrogen-bond acceptors (Lipinski definition) is 3. The van der Waals surface area contributed by atoms with Crippen LogP contribution in [0.4, 0.5) is 21.5 Å². The molecule has 0 aromatic heterocycles. The number of nitriles is 1. The van der Waals surface area contributed by atoms with Crippen LogP contribution in [0.1, 0.15) is 5.56 Å². The summed E-state index contributed by atoms with van der Waals surface area (Å²) < 4.78 is 14.1. The van der Waals surface area contributed by atoms with Gasteiger partial charge in [-0.15, -0.1) is 0 Å². The van der Waals surface area contributed by atoms with Crippen molar-refractivity contribution in [2.45, 2.75) is 0 Å². The Morgan fingerprint density at radius 1 is 1.28 bits per heavy atom. The maximum absolute atomic E-state index is 13.9. The van der Waals surface area contributed by atoms with Gasteiger partial charge in [0.15, 0.2) is 5.82 Å². The number of nitrogens with zero attached hydrogens (tertiary/aromatic N) is 1. The lowest BCUT2D eigenvalue weighted by Gasteiger charge is -2.09. The average Bonchev–Trinajstić information content (AvgIpc) is 2.35. The number of anilines is 3. The fourth-order valence-electron chi connectivity index (χ4n) is 1.50. The van der Waals surface area contributed by atoms with Crippen LogP contribution in [-0.2, 0) is 0 Å². The first-order valence-corrected chi connectivity index (χ1v) is 5.92. The number of halogens is 2. The average molecular weight is 306 g/mol. The van der Waals surface area contributed by atoms with E-state index in [1.165, 1.54) is 6.07 Å². The fourth-order valence-corrected chi connectivity index (χ4v) is 1.94. The zero-order valence-corrected chi connectivity index (χ0v) is 10.8. The minimum Gasteiger partial charge on any atom is -0.399 e. The SMILES string of the molecule is N#Cc1ccc(Nc2cccc(N)c2)c(F)c1Br. The van der Waals surface area contributed by atoms with Gasteiger partial charge in [0.1, 0.15) is 6.07 Å². The van der Waals surface area contributed by atoms with Gasteiger partial charge in [-0.1, -0.05) is 6.07 Å². The van der Waals surface area contributed by atoms with Crippen molar-refractivity contribution in [1.29, 1.82) is 5.26 Å². The van der Waals surface area contributed by atoms with E-state index < -0.39 is 5.82 Å². The molecule has 5 heteroatoms. The second-order valence-corrected chi connectivity index (χ2v) is 4.44. The van der Waals surface area contributed by atoms with E-state index in [0.29, 0.717) is 11.4 Å². The molecular weight excluding hydrogens is 297 g/mol. The minimum absolute atomic E-state index is 0.152. The summed E-state index contributed by atoms with van der Waals surface area (Å²) in [6.07, 6.45) is 0. The molecule has 90 valence electrons. The largest absolute Gasteiger partial charge is 0.399 e. The van der Waals surface area contributed by atoms with Crippen molar-refractivity contribution in [1.82, 2.24) is 0 Å². The molecule has 0 aliphatic carbocycles. The zero-order chi connectivity index (χ0) is 13.1. The number of benzene rings is 2. The normalized spacial score (nSPS) is 9.83. The monoisotopic (exact) mass is 305 g/mol. The second-order valence-electron chi connectivity index (χ2n) is 3.65. The molecule has 0 aliphatic rings. The lowest BCUT2D eigenvalue weighted by Crippen LogP contribution is -1.96. The topological polar surface area (TPSA) is 61.8 Å². The number of nitrogens with two attached hydrogens (primary N) is 1. The van der Waals surface area contributed by atoms with E-state index in [4.69, 9.17) is 11.0 Å². The predicted molar refractivity (Wildman–Crippen MR) is 73.0 cm³/mol. The molecule has 0 bridgehead atoms. The van der Waals surface area contributed by atoms with Crippen LogP contribution in [0, 0.1) is 17.1 Å². The van der Waals surface area contributed by atoms with Gasteiger partial charge < -0.3 is 11.1 Å². The highest BCUT2D eigenvalue weighted by Gasteiger charge is 2.11. The van der Waals surface area contributed by atoms with Gasteiger partial charge in [0.05, 0.1) is 15.7 Å². The Kier molecular flexibility index (Phi) is 3.49.